The maximum Gasteiger partial charge on any atom is 0.268 e. The molecule has 0 amide bonds. The van der Waals surface area contributed by atoms with Crippen LogP contribution in [0, 0.1) is 13.8 Å². The van der Waals surface area contributed by atoms with Gasteiger partial charge in [-0.15, -0.1) is 0 Å². The van der Waals surface area contributed by atoms with Crippen LogP contribution in [0.25, 0.3) is 0 Å². The molecule has 0 saturated carbocycles. The molecule has 0 aliphatic carbocycles. The number of ether oxygens (including phenoxy) is 2. The molecule has 3 rings (SSSR count). The van der Waals surface area contributed by atoms with Gasteiger partial charge in [0.05, 0.1) is 29.4 Å². The zero-order chi connectivity index (χ0) is 20.6. The lowest BCUT2D eigenvalue weighted by atomic mass is 9.85. The van der Waals surface area contributed by atoms with E-state index in [0.717, 1.165) is 0 Å². The van der Waals surface area contributed by atoms with Crippen LogP contribution in [-0.4, -0.2) is 33.6 Å². The summed E-state index contributed by atoms with van der Waals surface area (Å²) in [6.45, 7) is 7.31. The number of aryl methyl sites for hydroxylation is 2. The fourth-order valence-corrected chi connectivity index (χ4v) is 3.60. The van der Waals surface area contributed by atoms with E-state index < -0.39 is 5.92 Å². The van der Waals surface area contributed by atoms with Gasteiger partial charge in [-0.1, -0.05) is 11.6 Å². The normalized spacial score (nSPS) is 11.4. The minimum Gasteiger partial charge on any atom is -0.493 e. The van der Waals surface area contributed by atoms with Crippen LogP contribution in [0.5, 0.6) is 11.5 Å². The largest absolute Gasteiger partial charge is 0.493 e. The molecule has 150 valence electrons. The number of benzene rings is 1. The number of rotatable bonds is 6. The Bertz CT molecular complexity index is 1050. The number of aromatic nitrogens is 4. The first-order valence-corrected chi connectivity index (χ1v) is 9.20. The van der Waals surface area contributed by atoms with Crippen molar-refractivity contribution in [1.29, 1.82) is 0 Å². The van der Waals surface area contributed by atoms with Gasteiger partial charge in [-0.3, -0.25) is 19.8 Å². The number of halogens is 1. The molecule has 0 unspecified atom stereocenters. The topological polar surface area (TPSA) is 116 Å². The molecule has 4 N–H and O–H groups in total. The lowest BCUT2D eigenvalue weighted by molar-refractivity contribution is 0.230. The van der Waals surface area contributed by atoms with Crippen molar-refractivity contribution in [1.82, 2.24) is 20.4 Å². The molecular weight excluding hydrogens is 384 g/mol. The summed E-state index contributed by atoms with van der Waals surface area (Å²) in [5.41, 5.74) is 2.16. The van der Waals surface area contributed by atoms with Crippen molar-refractivity contribution in [2.75, 3.05) is 7.11 Å². The number of hydrogen-bond donors (Lipinski definition) is 4. The molecule has 2 heterocycles. The number of H-pyrrole nitrogens is 4. The molecule has 0 aliphatic heterocycles. The molecule has 8 nitrogen and oxygen atoms in total. The first kappa shape index (κ1) is 19.9. The van der Waals surface area contributed by atoms with Crippen LogP contribution in [0.15, 0.2) is 21.7 Å². The Balaban J connectivity index is 2.30. The summed E-state index contributed by atoms with van der Waals surface area (Å²) in [7, 11) is 1.51. The Labute approximate surface area is 166 Å². The summed E-state index contributed by atoms with van der Waals surface area (Å²) in [4.78, 5) is 25.1. The van der Waals surface area contributed by atoms with Gasteiger partial charge in [-0.2, -0.15) is 0 Å². The highest BCUT2D eigenvalue weighted by Gasteiger charge is 2.29. The first-order valence-electron chi connectivity index (χ1n) is 8.82. The van der Waals surface area contributed by atoms with Crippen molar-refractivity contribution >= 4 is 11.6 Å². The molecule has 0 bridgehead atoms. The van der Waals surface area contributed by atoms with Crippen LogP contribution in [0.2, 0.25) is 5.02 Å². The fraction of sp³-hybridized carbons (Fsp3) is 0.368. The van der Waals surface area contributed by atoms with E-state index >= 15 is 0 Å². The first-order chi connectivity index (χ1) is 13.2. The molecule has 0 spiro atoms. The SMILES string of the molecule is COc1cc(C(c2c(C)[nH][nH]c2=O)c2c(C)[nH][nH]c2=O)cc(Cl)c1OC(C)C. The third-order valence-corrected chi connectivity index (χ3v) is 4.82. The lowest BCUT2D eigenvalue weighted by Crippen LogP contribution is -2.20. The number of hydrogen-bond acceptors (Lipinski definition) is 4. The van der Waals surface area contributed by atoms with Gasteiger partial charge in [0.1, 0.15) is 0 Å². The van der Waals surface area contributed by atoms with E-state index in [9.17, 15) is 9.59 Å². The zero-order valence-corrected chi connectivity index (χ0v) is 17.1. The van der Waals surface area contributed by atoms with Crippen molar-refractivity contribution in [2.24, 2.45) is 0 Å². The summed E-state index contributed by atoms with van der Waals surface area (Å²) < 4.78 is 11.2. The van der Waals surface area contributed by atoms with Crippen molar-refractivity contribution in [3.8, 4) is 11.5 Å². The monoisotopic (exact) mass is 406 g/mol. The molecular formula is C19H23ClN4O4. The van der Waals surface area contributed by atoms with Gasteiger partial charge in [-0.25, -0.2) is 0 Å². The van der Waals surface area contributed by atoms with E-state index in [-0.39, 0.29) is 17.2 Å². The van der Waals surface area contributed by atoms with Crippen molar-refractivity contribution in [2.45, 2.75) is 39.7 Å². The van der Waals surface area contributed by atoms with E-state index in [4.69, 9.17) is 21.1 Å². The minimum atomic E-state index is -0.649. The quantitative estimate of drug-likeness (QED) is 0.503. The number of aromatic amines is 4. The van der Waals surface area contributed by atoms with Gasteiger partial charge in [0.15, 0.2) is 11.5 Å². The Morgan fingerprint density at radius 3 is 1.86 bits per heavy atom. The minimum absolute atomic E-state index is 0.0995. The second-order valence-electron chi connectivity index (χ2n) is 6.87. The third-order valence-electron chi connectivity index (χ3n) is 4.54. The molecule has 28 heavy (non-hydrogen) atoms. The van der Waals surface area contributed by atoms with Gasteiger partial charge in [-0.05, 0) is 45.4 Å². The molecule has 0 atom stereocenters. The Morgan fingerprint density at radius 1 is 0.929 bits per heavy atom. The molecule has 0 aliphatic rings. The Morgan fingerprint density at radius 2 is 1.46 bits per heavy atom. The molecule has 0 radical (unpaired) electrons. The van der Waals surface area contributed by atoms with Gasteiger partial charge in [0.2, 0.25) is 0 Å². The molecule has 3 aromatic rings. The van der Waals surface area contributed by atoms with E-state index in [1.807, 2.05) is 13.8 Å². The van der Waals surface area contributed by atoms with Crippen LogP contribution in [0.1, 0.15) is 47.8 Å². The van der Waals surface area contributed by atoms with Crippen LogP contribution in [0.3, 0.4) is 0 Å². The van der Waals surface area contributed by atoms with Crippen molar-refractivity contribution in [3.63, 3.8) is 0 Å². The Kier molecular flexibility index (Phi) is 5.42. The van der Waals surface area contributed by atoms with Crippen LogP contribution in [-0.2, 0) is 0 Å². The van der Waals surface area contributed by atoms with Crippen LogP contribution >= 0.6 is 11.6 Å². The van der Waals surface area contributed by atoms with Gasteiger partial charge < -0.3 is 19.7 Å². The fourth-order valence-electron chi connectivity index (χ4n) is 3.34. The maximum absolute atomic E-state index is 12.5. The summed E-state index contributed by atoms with van der Waals surface area (Å²) in [6, 6.07) is 3.44. The third kappa shape index (κ3) is 3.47. The molecule has 0 fully saturated rings. The van der Waals surface area contributed by atoms with Crippen molar-refractivity contribution < 1.29 is 9.47 Å². The lowest BCUT2D eigenvalue weighted by Gasteiger charge is -2.20. The summed E-state index contributed by atoms with van der Waals surface area (Å²) in [5.74, 6) is 0.195. The highest BCUT2D eigenvalue weighted by molar-refractivity contribution is 6.32. The van der Waals surface area contributed by atoms with E-state index in [0.29, 0.717) is 44.6 Å². The van der Waals surface area contributed by atoms with Gasteiger partial charge >= 0.3 is 0 Å². The second kappa shape index (κ2) is 7.63. The molecule has 2 aromatic heterocycles. The zero-order valence-electron chi connectivity index (χ0n) is 16.3. The standard InChI is InChI=1S/C19H23ClN4O4/c1-8(2)28-17-12(20)6-11(7-13(17)27-5)16(14-9(3)21-23-18(14)25)15-10(4)22-24-19(15)26/h6-8,16H,1-5H3,(H2,21,23,25)(H2,22,24,26). The highest BCUT2D eigenvalue weighted by Crippen LogP contribution is 2.41. The maximum atomic E-state index is 12.5. The van der Waals surface area contributed by atoms with Crippen LogP contribution in [0.4, 0.5) is 0 Å². The average Bonchev–Trinajstić information content (AvgIpc) is 3.13. The van der Waals surface area contributed by atoms with Crippen LogP contribution < -0.4 is 20.6 Å². The average molecular weight is 407 g/mol. The second-order valence-corrected chi connectivity index (χ2v) is 7.28. The number of nitrogens with one attached hydrogen (secondary N) is 4. The van der Waals surface area contributed by atoms with Gasteiger partial charge in [0.25, 0.3) is 11.1 Å². The van der Waals surface area contributed by atoms with E-state index in [1.54, 1.807) is 26.0 Å². The molecule has 9 heteroatoms. The van der Waals surface area contributed by atoms with E-state index in [2.05, 4.69) is 20.4 Å². The summed E-state index contributed by atoms with van der Waals surface area (Å²) >= 11 is 6.49. The van der Waals surface area contributed by atoms with Gasteiger partial charge in [0, 0.05) is 17.3 Å². The molecule has 1 aromatic carbocycles. The summed E-state index contributed by atoms with van der Waals surface area (Å²) in [5, 5.41) is 11.1. The molecule has 0 saturated heterocycles. The number of methoxy groups -OCH3 is 1. The van der Waals surface area contributed by atoms with Crippen molar-refractivity contribution in [3.05, 3.63) is 65.9 Å². The highest BCUT2D eigenvalue weighted by atomic mass is 35.5. The predicted octanol–water partition coefficient (Wildman–Crippen LogP) is 2.97. The predicted molar refractivity (Wildman–Crippen MR) is 107 cm³/mol. The smallest absolute Gasteiger partial charge is 0.268 e. The Hall–Kier alpha value is -2.87. The summed E-state index contributed by atoms with van der Waals surface area (Å²) in [6.07, 6.45) is -0.0995. The van der Waals surface area contributed by atoms with E-state index in [1.165, 1.54) is 7.11 Å².